The molecule has 1 aliphatic heterocycles. The van der Waals surface area contributed by atoms with E-state index in [9.17, 15) is 19.5 Å². The first-order valence-electron chi connectivity index (χ1n) is 10.9. The molecule has 2 aromatic rings. The van der Waals surface area contributed by atoms with E-state index in [2.05, 4.69) is 14.9 Å². The number of ketones is 1. The van der Waals surface area contributed by atoms with Crippen molar-refractivity contribution in [2.24, 2.45) is 0 Å². The summed E-state index contributed by atoms with van der Waals surface area (Å²) in [5.74, 6) is -2.32. The minimum Gasteiger partial charge on any atom is -0.507 e. The van der Waals surface area contributed by atoms with Crippen molar-refractivity contribution in [3.8, 4) is 0 Å². The summed E-state index contributed by atoms with van der Waals surface area (Å²) >= 11 is 0. The van der Waals surface area contributed by atoms with Gasteiger partial charge in [0.2, 0.25) is 0 Å². The van der Waals surface area contributed by atoms with Gasteiger partial charge in [0.25, 0.3) is 11.7 Å². The highest BCUT2D eigenvalue weighted by Crippen LogP contribution is 2.40. The fourth-order valence-corrected chi connectivity index (χ4v) is 4.34. The molecule has 3 heterocycles. The number of ether oxygens (including phenoxy) is 1. The second kappa shape index (κ2) is 9.99. The van der Waals surface area contributed by atoms with Crippen LogP contribution in [0.3, 0.4) is 0 Å². The third kappa shape index (κ3) is 4.41. The number of H-pyrrole nitrogens is 1. The molecule has 1 atom stereocenters. The van der Waals surface area contributed by atoms with E-state index >= 15 is 0 Å². The Balaban J connectivity index is 2.16. The molecular weight excluding hydrogens is 424 g/mol. The molecule has 0 aromatic carbocycles. The molecule has 1 amide bonds. The van der Waals surface area contributed by atoms with Crippen LogP contribution in [-0.2, 0) is 14.3 Å². The highest BCUT2D eigenvalue weighted by Gasteiger charge is 2.46. The number of carbonyl (C=O) groups excluding carboxylic acids is 3. The number of aromatic nitrogens is 2. The van der Waals surface area contributed by atoms with Crippen LogP contribution in [0.25, 0.3) is 5.76 Å². The van der Waals surface area contributed by atoms with E-state index in [-0.39, 0.29) is 17.0 Å². The minimum atomic E-state index is -0.765. The number of nitrogens with one attached hydrogen (secondary N) is 1. The smallest absolute Gasteiger partial charge is 0.354 e. The van der Waals surface area contributed by atoms with Gasteiger partial charge in [-0.2, -0.15) is 0 Å². The molecule has 0 radical (unpaired) electrons. The Hall–Kier alpha value is -3.46. The number of carbonyl (C=O) groups is 3. The van der Waals surface area contributed by atoms with Gasteiger partial charge in [0.1, 0.15) is 11.5 Å². The number of aromatic amines is 1. The zero-order chi connectivity index (χ0) is 24.3. The Morgan fingerprint density at radius 1 is 1.21 bits per heavy atom. The van der Waals surface area contributed by atoms with E-state index in [1.807, 2.05) is 13.8 Å². The van der Waals surface area contributed by atoms with Crippen molar-refractivity contribution in [2.45, 2.75) is 33.7 Å². The van der Waals surface area contributed by atoms with Crippen molar-refractivity contribution >= 4 is 23.4 Å². The number of rotatable bonds is 8. The molecule has 3 rings (SSSR count). The predicted octanol–water partition coefficient (Wildman–Crippen LogP) is 2.58. The average Bonchev–Trinajstić information content (AvgIpc) is 3.26. The fourth-order valence-electron chi connectivity index (χ4n) is 4.34. The van der Waals surface area contributed by atoms with Gasteiger partial charge in [-0.15, -0.1) is 0 Å². The molecule has 0 saturated carbocycles. The van der Waals surface area contributed by atoms with Crippen molar-refractivity contribution in [2.75, 3.05) is 33.3 Å². The number of amides is 1. The average molecular weight is 455 g/mol. The molecule has 176 valence electrons. The third-order valence-electron chi connectivity index (χ3n) is 6.18. The van der Waals surface area contributed by atoms with Crippen LogP contribution < -0.4 is 0 Å². The maximum absolute atomic E-state index is 13.2. The van der Waals surface area contributed by atoms with Gasteiger partial charge in [-0.05, 0) is 50.2 Å². The number of hydrogen-bond acceptors (Lipinski definition) is 7. The summed E-state index contributed by atoms with van der Waals surface area (Å²) in [6, 6.07) is 2.69. The number of hydrogen-bond donors (Lipinski definition) is 2. The summed E-state index contributed by atoms with van der Waals surface area (Å²) in [4.78, 5) is 49.0. The van der Waals surface area contributed by atoms with Gasteiger partial charge in [-0.3, -0.25) is 14.6 Å². The fraction of sp³-hybridized carbons (Fsp3) is 0.417. The Bertz CT molecular complexity index is 1090. The number of esters is 1. The van der Waals surface area contributed by atoms with Crippen molar-refractivity contribution in [3.05, 3.63) is 58.2 Å². The molecule has 33 heavy (non-hydrogen) atoms. The van der Waals surface area contributed by atoms with Crippen LogP contribution in [0.15, 0.2) is 30.1 Å². The van der Waals surface area contributed by atoms with Gasteiger partial charge < -0.3 is 24.6 Å². The highest BCUT2D eigenvalue weighted by atomic mass is 16.5. The molecular formula is C24H30N4O5. The second-order valence-corrected chi connectivity index (χ2v) is 7.92. The molecule has 2 aromatic heterocycles. The third-order valence-corrected chi connectivity index (χ3v) is 6.18. The van der Waals surface area contributed by atoms with E-state index in [1.54, 1.807) is 38.4 Å². The second-order valence-electron chi connectivity index (χ2n) is 7.92. The summed E-state index contributed by atoms with van der Waals surface area (Å²) in [5, 5.41) is 11.3. The van der Waals surface area contributed by atoms with E-state index in [0.29, 0.717) is 35.5 Å². The number of aryl methyl sites for hydroxylation is 1. The predicted molar refractivity (Wildman–Crippen MR) is 123 cm³/mol. The van der Waals surface area contributed by atoms with Gasteiger partial charge >= 0.3 is 5.97 Å². The van der Waals surface area contributed by atoms with Crippen molar-refractivity contribution in [3.63, 3.8) is 0 Å². The van der Waals surface area contributed by atoms with Crippen LogP contribution in [0.5, 0.6) is 0 Å². The van der Waals surface area contributed by atoms with Crippen molar-refractivity contribution in [1.82, 2.24) is 19.8 Å². The Morgan fingerprint density at radius 3 is 2.42 bits per heavy atom. The number of nitrogens with zero attached hydrogens (tertiary/aromatic N) is 3. The lowest BCUT2D eigenvalue weighted by Gasteiger charge is -2.28. The zero-order valence-electron chi connectivity index (χ0n) is 19.6. The van der Waals surface area contributed by atoms with Crippen LogP contribution in [0.2, 0.25) is 0 Å². The molecule has 1 saturated heterocycles. The van der Waals surface area contributed by atoms with E-state index < -0.39 is 23.7 Å². The zero-order valence-corrected chi connectivity index (χ0v) is 19.6. The lowest BCUT2D eigenvalue weighted by atomic mass is 9.94. The van der Waals surface area contributed by atoms with Gasteiger partial charge in [0.05, 0.1) is 18.7 Å². The standard InChI is InChI=1S/C24H30N4O5/c1-6-27(7-2)12-13-28-20(16-8-10-25-11-9-16)18(22(30)23(28)31)21(29)17-14(3)19(24(32)33-5)26-15(17)4/h8-11,20,26,29H,6-7,12-13H2,1-5H3/b21-18-. The number of aliphatic hydroxyl groups is 1. The van der Waals surface area contributed by atoms with Crippen LogP contribution in [-0.4, -0.2) is 75.8 Å². The lowest BCUT2D eigenvalue weighted by molar-refractivity contribution is -0.140. The van der Waals surface area contributed by atoms with Gasteiger partial charge in [0, 0.05) is 36.7 Å². The van der Waals surface area contributed by atoms with Crippen molar-refractivity contribution < 1.29 is 24.2 Å². The quantitative estimate of drug-likeness (QED) is 0.273. The number of likely N-dealkylation sites (N-methyl/N-ethyl adjacent to an activating group) is 1. The number of Topliss-reactive ketones (excluding diaryl/α,β-unsaturated/α-hetero) is 1. The number of likely N-dealkylation sites (tertiary alicyclic amines) is 1. The van der Waals surface area contributed by atoms with E-state index in [1.165, 1.54) is 12.0 Å². The SMILES string of the molecule is CCN(CC)CCN1C(=O)C(=O)/C(=C(\O)c2c(C)[nH]c(C(=O)OC)c2C)C1c1ccncc1. The maximum Gasteiger partial charge on any atom is 0.354 e. The minimum absolute atomic E-state index is 0.00707. The molecule has 9 nitrogen and oxygen atoms in total. The van der Waals surface area contributed by atoms with Crippen molar-refractivity contribution in [1.29, 1.82) is 0 Å². The summed E-state index contributed by atoms with van der Waals surface area (Å²) < 4.78 is 4.80. The van der Waals surface area contributed by atoms with Gasteiger partial charge in [-0.25, -0.2) is 4.79 Å². The normalized spacial score (nSPS) is 17.8. The van der Waals surface area contributed by atoms with Crippen LogP contribution in [0, 0.1) is 13.8 Å². The lowest BCUT2D eigenvalue weighted by Crippen LogP contribution is -2.38. The topological polar surface area (TPSA) is 116 Å². The molecule has 0 aliphatic carbocycles. The Labute approximate surface area is 193 Å². The Kier molecular flexibility index (Phi) is 7.33. The van der Waals surface area contributed by atoms with Crippen LogP contribution in [0.1, 0.15) is 52.8 Å². The summed E-state index contributed by atoms with van der Waals surface area (Å²) in [6.07, 6.45) is 3.17. The highest BCUT2D eigenvalue weighted by molar-refractivity contribution is 6.46. The maximum atomic E-state index is 13.2. The van der Waals surface area contributed by atoms with Gasteiger partial charge in [0.15, 0.2) is 0 Å². The molecule has 2 N–H and O–H groups in total. The summed E-state index contributed by atoms with van der Waals surface area (Å²) in [6.45, 7) is 9.97. The first-order valence-corrected chi connectivity index (χ1v) is 10.9. The molecule has 9 heteroatoms. The molecule has 1 fully saturated rings. The monoisotopic (exact) mass is 454 g/mol. The van der Waals surface area contributed by atoms with Crippen LogP contribution >= 0.6 is 0 Å². The molecule has 1 unspecified atom stereocenters. The summed E-state index contributed by atoms with van der Waals surface area (Å²) in [7, 11) is 1.27. The Morgan fingerprint density at radius 2 is 1.85 bits per heavy atom. The molecule has 1 aliphatic rings. The number of methoxy groups -OCH3 is 1. The molecule has 0 spiro atoms. The van der Waals surface area contributed by atoms with Gasteiger partial charge in [-0.1, -0.05) is 13.8 Å². The first-order chi connectivity index (χ1) is 15.8. The van der Waals surface area contributed by atoms with E-state index in [4.69, 9.17) is 4.74 Å². The number of aliphatic hydroxyl groups excluding tert-OH is 1. The van der Waals surface area contributed by atoms with E-state index in [0.717, 1.165) is 13.1 Å². The van der Waals surface area contributed by atoms with Crippen LogP contribution in [0.4, 0.5) is 0 Å². The number of pyridine rings is 1. The molecule has 0 bridgehead atoms. The summed E-state index contributed by atoms with van der Waals surface area (Å²) in [5.41, 5.74) is 2.11. The largest absolute Gasteiger partial charge is 0.507 e. The first kappa shape index (κ1) is 24.2.